The van der Waals surface area contributed by atoms with Crippen LogP contribution >= 0.6 is 0 Å². The standard InChI is InChI=1S/C12H21N3O3/c1-5-12(6-2,11(16)17)13-7-9-14-10(8(3)4)18-15-9/h8,13H,5-7H2,1-4H3,(H,16,17). The van der Waals surface area contributed by atoms with Gasteiger partial charge in [0, 0.05) is 5.92 Å². The summed E-state index contributed by atoms with van der Waals surface area (Å²) in [5.74, 6) is 0.389. The molecule has 18 heavy (non-hydrogen) atoms. The van der Waals surface area contributed by atoms with Crippen LogP contribution in [0.3, 0.4) is 0 Å². The minimum atomic E-state index is -0.918. The number of nitrogens with zero attached hydrogens (tertiary/aromatic N) is 2. The fraction of sp³-hybridized carbons (Fsp3) is 0.750. The molecule has 0 aromatic carbocycles. The van der Waals surface area contributed by atoms with Crippen LogP contribution in [-0.4, -0.2) is 26.8 Å². The average Bonchev–Trinajstić information content (AvgIpc) is 2.79. The van der Waals surface area contributed by atoms with E-state index in [0.717, 1.165) is 0 Å². The highest BCUT2D eigenvalue weighted by atomic mass is 16.5. The lowest BCUT2D eigenvalue weighted by molar-refractivity contribution is -0.145. The van der Waals surface area contributed by atoms with Crippen molar-refractivity contribution in [3.8, 4) is 0 Å². The molecule has 2 N–H and O–H groups in total. The molecular weight excluding hydrogens is 234 g/mol. The first-order chi connectivity index (χ1) is 8.45. The van der Waals surface area contributed by atoms with Gasteiger partial charge in [0.1, 0.15) is 5.54 Å². The molecule has 0 aliphatic carbocycles. The van der Waals surface area contributed by atoms with Gasteiger partial charge in [-0.05, 0) is 12.8 Å². The molecule has 0 saturated carbocycles. The SMILES string of the molecule is CCC(CC)(NCc1noc(C(C)C)n1)C(=O)O. The van der Waals surface area contributed by atoms with Crippen LogP contribution in [0.2, 0.25) is 0 Å². The van der Waals surface area contributed by atoms with Crippen molar-refractivity contribution >= 4 is 5.97 Å². The maximum atomic E-state index is 11.3. The van der Waals surface area contributed by atoms with E-state index in [-0.39, 0.29) is 5.92 Å². The van der Waals surface area contributed by atoms with E-state index in [1.165, 1.54) is 0 Å². The van der Waals surface area contributed by atoms with Crippen LogP contribution in [-0.2, 0) is 11.3 Å². The van der Waals surface area contributed by atoms with Crippen LogP contribution in [0.4, 0.5) is 0 Å². The Morgan fingerprint density at radius 1 is 1.44 bits per heavy atom. The number of carboxylic acid groups (broad SMARTS) is 1. The number of carbonyl (C=O) groups is 1. The second-order valence-electron chi connectivity index (χ2n) is 4.65. The number of rotatable bonds is 7. The summed E-state index contributed by atoms with van der Waals surface area (Å²) < 4.78 is 5.07. The van der Waals surface area contributed by atoms with E-state index in [4.69, 9.17) is 4.52 Å². The first kappa shape index (κ1) is 14.6. The zero-order valence-corrected chi connectivity index (χ0v) is 11.4. The van der Waals surface area contributed by atoms with Gasteiger partial charge in [-0.2, -0.15) is 4.98 Å². The molecule has 0 spiro atoms. The van der Waals surface area contributed by atoms with Gasteiger partial charge in [-0.3, -0.25) is 10.1 Å². The number of hydrogen-bond donors (Lipinski definition) is 2. The molecule has 6 nitrogen and oxygen atoms in total. The fourth-order valence-electron chi connectivity index (χ4n) is 1.70. The van der Waals surface area contributed by atoms with Crippen LogP contribution in [0.25, 0.3) is 0 Å². The molecule has 0 unspecified atom stereocenters. The average molecular weight is 255 g/mol. The highest BCUT2D eigenvalue weighted by molar-refractivity contribution is 5.78. The van der Waals surface area contributed by atoms with E-state index < -0.39 is 11.5 Å². The molecule has 0 saturated heterocycles. The van der Waals surface area contributed by atoms with Crippen molar-refractivity contribution in [3.05, 3.63) is 11.7 Å². The number of carboxylic acids is 1. The summed E-state index contributed by atoms with van der Waals surface area (Å²) in [6, 6.07) is 0. The second kappa shape index (κ2) is 5.95. The van der Waals surface area contributed by atoms with Gasteiger partial charge in [0.05, 0.1) is 6.54 Å². The zero-order chi connectivity index (χ0) is 13.8. The van der Waals surface area contributed by atoms with Crippen LogP contribution in [0.5, 0.6) is 0 Å². The molecule has 0 amide bonds. The molecule has 1 aromatic rings. The number of nitrogens with one attached hydrogen (secondary N) is 1. The molecule has 0 aliphatic heterocycles. The third kappa shape index (κ3) is 3.07. The number of aromatic nitrogens is 2. The van der Waals surface area contributed by atoms with E-state index in [9.17, 15) is 9.90 Å². The van der Waals surface area contributed by atoms with Crippen LogP contribution in [0.1, 0.15) is 58.2 Å². The lowest BCUT2D eigenvalue weighted by atomic mass is 9.93. The van der Waals surface area contributed by atoms with E-state index in [1.54, 1.807) is 0 Å². The van der Waals surface area contributed by atoms with Crippen LogP contribution < -0.4 is 5.32 Å². The molecule has 1 aromatic heterocycles. The van der Waals surface area contributed by atoms with E-state index in [2.05, 4.69) is 15.5 Å². The quantitative estimate of drug-likeness (QED) is 0.774. The maximum Gasteiger partial charge on any atom is 0.323 e. The Morgan fingerprint density at radius 3 is 2.44 bits per heavy atom. The summed E-state index contributed by atoms with van der Waals surface area (Å²) in [5.41, 5.74) is -0.918. The third-order valence-electron chi connectivity index (χ3n) is 3.18. The fourth-order valence-corrected chi connectivity index (χ4v) is 1.70. The van der Waals surface area contributed by atoms with Gasteiger partial charge in [-0.25, -0.2) is 0 Å². The van der Waals surface area contributed by atoms with Crippen molar-refractivity contribution in [2.24, 2.45) is 0 Å². The summed E-state index contributed by atoms with van der Waals surface area (Å²) in [4.78, 5) is 15.5. The summed E-state index contributed by atoms with van der Waals surface area (Å²) in [6.07, 6.45) is 1.02. The Kier molecular flexibility index (Phi) is 4.84. The lowest BCUT2D eigenvalue weighted by Gasteiger charge is -2.27. The van der Waals surface area contributed by atoms with Gasteiger partial charge in [0.2, 0.25) is 5.89 Å². The number of hydrogen-bond acceptors (Lipinski definition) is 5. The van der Waals surface area contributed by atoms with Gasteiger partial charge in [0.25, 0.3) is 0 Å². The van der Waals surface area contributed by atoms with E-state index >= 15 is 0 Å². The van der Waals surface area contributed by atoms with Crippen molar-refractivity contribution in [2.45, 2.75) is 58.5 Å². The molecule has 0 radical (unpaired) electrons. The van der Waals surface area contributed by atoms with E-state index in [0.29, 0.717) is 31.1 Å². The molecule has 102 valence electrons. The van der Waals surface area contributed by atoms with Crippen molar-refractivity contribution < 1.29 is 14.4 Å². The Hall–Kier alpha value is -1.43. The first-order valence-corrected chi connectivity index (χ1v) is 6.26. The minimum Gasteiger partial charge on any atom is -0.480 e. The van der Waals surface area contributed by atoms with Crippen molar-refractivity contribution in [1.82, 2.24) is 15.5 Å². The summed E-state index contributed by atoms with van der Waals surface area (Å²) in [6.45, 7) is 7.92. The smallest absolute Gasteiger partial charge is 0.323 e. The second-order valence-corrected chi connectivity index (χ2v) is 4.65. The third-order valence-corrected chi connectivity index (χ3v) is 3.18. The van der Waals surface area contributed by atoms with Gasteiger partial charge in [0.15, 0.2) is 5.82 Å². The molecule has 6 heteroatoms. The Bertz CT molecular complexity index is 397. The Balaban J connectivity index is 2.70. The largest absolute Gasteiger partial charge is 0.480 e. The Morgan fingerprint density at radius 2 is 2.06 bits per heavy atom. The summed E-state index contributed by atoms with van der Waals surface area (Å²) in [7, 11) is 0. The predicted molar refractivity (Wildman–Crippen MR) is 66.2 cm³/mol. The molecule has 0 aliphatic rings. The Labute approximate surface area is 107 Å². The number of aliphatic carboxylic acids is 1. The zero-order valence-electron chi connectivity index (χ0n) is 11.4. The normalized spacial score (nSPS) is 12.1. The highest BCUT2D eigenvalue weighted by Gasteiger charge is 2.34. The molecule has 0 fully saturated rings. The van der Waals surface area contributed by atoms with Crippen LogP contribution in [0, 0.1) is 0 Å². The highest BCUT2D eigenvalue weighted by Crippen LogP contribution is 2.17. The molecule has 0 bridgehead atoms. The van der Waals surface area contributed by atoms with E-state index in [1.807, 2.05) is 27.7 Å². The first-order valence-electron chi connectivity index (χ1n) is 6.26. The van der Waals surface area contributed by atoms with Gasteiger partial charge >= 0.3 is 5.97 Å². The molecule has 0 atom stereocenters. The van der Waals surface area contributed by atoms with Crippen molar-refractivity contribution in [1.29, 1.82) is 0 Å². The topological polar surface area (TPSA) is 88.3 Å². The lowest BCUT2D eigenvalue weighted by Crippen LogP contribution is -2.50. The molecule has 1 heterocycles. The van der Waals surface area contributed by atoms with Gasteiger partial charge in [-0.1, -0.05) is 32.9 Å². The monoisotopic (exact) mass is 255 g/mol. The molecule has 1 rings (SSSR count). The summed E-state index contributed by atoms with van der Waals surface area (Å²) >= 11 is 0. The summed E-state index contributed by atoms with van der Waals surface area (Å²) in [5, 5.41) is 16.1. The van der Waals surface area contributed by atoms with Gasteiger partial charge in [-0.15, -0.1) is 0 Å². The predicted octanol–water partition coefficient (Wildman–Crippen LogP) is 1.93. The van der Waals surface area contributed by atoms with Gasteiger partial charge < -0.3 is 9.63 Å². The van der Waals surface area contributed by atoms with Crippen molar-refractivity contribution in [2.75, 3.05) is 0 Å². The van der Waals surface area contributed by atoms with Crippen LogP contribution in [0.15, 0.2) is 4.52 Å². The van der Waals surface area contributed by atoms with Crippen molar-refractivity contribution in [3.63, 3.8) is 0 Å². The molecular formula is C12H21N3O3. The maximum absolute atomic E-state index is 11.3. The minimum absolute atomic E-state index is 0.174.